The molecule has 0 spiro atoms. The van der Waals surface area contributed by atoms with Crippen molar-refractivity contribution >= 4 is 36.4 Å². The molecule has 0 aromatic heterocycles. The molecule has 0 heterocycles. The van der Waals surface area contributed by atoms with E-state index in [9.17, 15) is 5.11 Å². The van der Waals surface area contributed by atoms with Crippen LogP contribution in [-0.4, -0.2) is 31.8 Å². The molecule has 0 aliphatic heterocycles. The third-order valence-corrected chi connectivity index (χ3v) is 18.9. The van der Waals surface area contributed by atoms with E-state index in [1.807, 2.05) is 60.7 Å². The molecule has 0 bridgehead atoms. The van der Waals surface area contributed by atoms with Crippen LogP contribution in [0.15, 0.2) is 121 Å². The van der Waals surface area contributed by atoms with Crippen LogP contribution in [0.25, 0.3) is 0 Å². The SMILES string of the molecule is CC(C)(C)[Si](OC[C@H]1[C@@H]2CCC(O)C(P(=O)(c3ccccc3)c3ccccc3)CC[C@@H]21)(c1ccccc1)c1ccccc1. The van der Waals surface area contributed by atoms with E-state index in [0.717, 1.165) is 36.5 Å². The molecule has 6 rings (SSSR count). The van der Waals surface area contributed by atoms with Crippen molar-refractivity contribution in [3.05, 3.63) is 121 Å². The quantitative estimate of drug-likeness (QED) is 0.178. The summed E-state index contributed by atoms with van der Waals surface area (Å²) in [7, 11) is -5.65. The van der Waals surface area contributed by atoms with Crippen molar-refractivity contribution in [3.63, 3.8) is 0 Å². The maximum absolute atomic E-state index is 15.2. The molecule has 2 fully saturated rings. The molecule has 2 unspecified atom stereocenters. The highest BCUT2D eigenvalue weighted by Gasteiger charge is 2.56. The molecular weight excluding hydrogens is 563 g/mol. The van der Waals surface area contributed by atoms with Gasteiger partial charge in [0.15, 0.2) is 0 Å². The Kier molecular flexibility index (Phi) is 8.68. The van der Waals surface area contributed by atoms with Crippen molar-refractivity contribution in [3.8, 4) is 0 Å². The number of hydrogen-bond acceptors (Lipinski definition) is 3. The summed E-state index contributed by atoms with van der Waals surface area (Å²) in [6.07, 6.45) is 2.79. The second-order valence-electron chi connectivity index (χ2n) is 13.6. The second kappa shape index (κ2) is 12.3. The Labute approximate surface area is 258 Å². The van der Waals surface area contributed by atoms with Crippen LogP contribution in [0.4, 0.5) is 0 Å². The Hall–Kier alpha value is -2.75. The van der Waals surface area contributed by atoms with Gasteiger partial charge in [0.05, 0.1) is 6.10 Å². The minimum atomic E-state index is -3.05. The molecule has 2 aliphatic rings. The van der Waals surface area contributed by atoms with Gasteiger partial charge in [-0.25, -0.2) is 0 Å². The van der Waals surface area contributed by atoms with Gasteiger partial charge in [-0.2, -0.15) is 0 Å². The molecule has 3 nitrogen and oxygen atoms in total. The first-order valence-electron chi connectivity index (χ1n) is 15.9. The van der Waals surface area contributed by atoms with E-state index in [1.165, 1.54) is 10.4 Å². The van der Waals surface area contributed by atoms with Gasteiger partial charge in [0.2, 0.25) is 0 Å². The van der Waals surface area contributed by atoms with Crippen LogP contribution in [0.2, 0.25) is 5.04 Å². The van der Waals surface area contributed by atoms with Gasteiger partial charge in [-0.15, -0.1) is 0 Å². The average molecular weight is 609 g/mol. The van der Waals surface area contributed by atoms with Crippen LogP contribution in [0.1, 0.15) is 46.5 Å². The summed E-state index contributed by atoms with van der Waals surface area (Å²) in [5.41, 5.74) is -0.280. The van der Waals surface area contributed by atoms with E-state index in [1.54, 1.807) is 0 Å². The van der Waals surface area contributed by atoms with Gasteiger partial charge in [-0.1, -0.05) is 142 Å². The zero-order valence-electron chi connectivity index (χ0n) is 25.7. The van der Waals surface area contributed by atoms with Gasteiger partial charge in [0.1, 0.15) is 7.14 Å². The summed E-state index contributed by atoms with van der Waals surface area (Å²) in [6, 6.07) is 41.5. The van der Waals surface area contributed by atoms with E-state index in [0.29, 0.717) is 24.2 Å². The maximum Gasteiger partial charge on any atom is 0.261 e. The number of rotatable bonds is 8. The predicted molar refractivity (Wildman–Crippen MR) is 182 cm³/mol. The number of aliphatic hydroxyl groups excluding tert-OH is 1. The van der Waals surface area contributed by atoms with Crippen LogP contribution in [0, 0.1) is 17.8 Å². The molecule has 0 radical (unpaired) electrons. The van der Waals surface area contributed by atoms with E-state index < -0.39 is 21.6 Å². The molecule has 2 saturated carbocycles. The largest absolute Gasteiger partial charge is 0.407 e. The van der Waals surface area contributed by atoms with Crippen molar-refractivity contribution in [2.45, 2.75) is 63.3 Å². The van der Waals surface area contributed by atoms with Gasteiger partial charge < -0.3 is 14.1 Å². The van der Waals surface area contributed by atoms with Crippen molar-refractivity contribution in [2.24, 2.45) is 17.8 Å². The molecule has 1 N–H and O–H groups in total. The number of benzene rings is 4. The Morgan fingerprint density at radius 1 is 0.674 bits per heavy atom. The van der Waals surface area contributed by atoms with Gasteiger partial charge in [-0.3, -0.25) is 0 Å². The molecule has 43 heavy (non-hydrogen) atoms. The van der Waals surface area contributed by atoms with E-state index in [-0.39, 0.29) is 10.7 Å². The average Bonchev–Trinajstić information content (AvgIpc) is 3.70. The van der Waals surface area contributed by atoms with Crippen LogP contribution < -0.4 is 21.0 Å². The van der Waals surface area contributed by atoms with E-state index >= 15 is 4.57 Å². The Morgan fingerprint density at radius 3 is 1.53 bits per heavy atom. The fourth-order valence-corrected chi connectivity index (χ4v) is 16.0. The molecule has 2 aliphatic carbocycles. The maximum atomic E-state index is 15.2. The van der Waals surface area contributed by atoms with Gasteiger partial charge in [0.25, 0.3) is 8.32 Å². The van der Waals surface area contributed by atoms with Gasteiger partial charge >= 0.3 is 0 Å². The summed E-state index contributed by atoms with van der Waals surface area (Å²) in [5.74, 6) is 1.58. The van der Waals surface area contributed by atoms with E-state index in [2.05, 4.69) is 81.4 Å². The predicted octanol–water partition coefficient (Wildman–Crippen LogP) is 6.74. The molecule has 4 aromatic rings. The van der Waals surface area contributed by atoms with E-state index in [4.69, 9.17) is 4.43 Å². The smallest absolute Gasteiger partial charge is 0.261 e. The lowest BCUT2D eigenvalue weighted by Crippen LogP contribution is -2.66. The molecular formula is C38H45O3PSi. The minimum Gasteiger partial charge on any atom is -0.407 e. The first-order chi connectivity index (χ1) is 20.8. The van der Waals surface area contributed by atoms with Crippen LogP contribution in [0.3, 0.4) is 0 Å². The molecule has 0 saturated heterocycles. The third kappa shape index (κ3) is 5.64. The summed E-state index contributed by atoms with van der Waals surface area (Å²) in [5, 5.41) is 15.9. The highest BCUT2D eigenvalue weighted by atomic mass is 31.2. The molecule has 224 valence electrons. The first kappa shape index (κ1) is 30.3. The summed E-state index contributed by atoms with van der Waals surface area (Å²) in [4.78, 5) is 0. The normalized spacial score (nSPS) is 24.4. The topological polar surface area (TPSA) is 46.5 Å². The molecule has 5 heteroatoms. The first-order valence-corrected chi connectivity index (χ1v) is 19.6. The number of fused-ring (bicyclic) bond motifs is 1. The van der Waals surface area contributed by atoms with Crippen molar-refractivity contribution < 1.29 is 14.1 Å². The zero-order chi connectivity index (χ0) is 30.1. The highest BCUT2D eigenvalue weighted by molar-refractivity contribution is 7.79. The monoisotopic (exact) mass is 608 g/mol. The van der Waals surface area contributed by atoms with Gasteiger partial charge in [-0.05, 0) is 58.8 Å². The zero-order valence-corrected chi connectivity index (χ0v) is 27.6. The lowest BCUT2D eigenvalue weighted by atomic mass is 9.98. The standard InChI is InChI=1S/C38H45O3PSi/c1-38(2,3)43(31-20-12-6-13-21-31,32-22-14-7-15-23-32)41-28-35-33-24-26-36(39)37(27-25-34(33)35)42(40,29-16-8-4-9-17-29)30-18-10-5-11-19-30/h4-23,33-37,39H,24-28H2,1-3H3/t33-,34+,35+,36?,37?/m1/s1. The van der Waals surface area contributed by atoms with Crippen LogP contribution in [0.5, 0.6) is 0 Å². The molecule has 4 aromatic carbocycles. The van der Waals surface area contributed by atoms with Crippen molar-refractivity contribution in [2.75, 3.05) is 6.61 Å². The Bertz CT molecular complexity index is 1440. The summed E-state index contributed by atoms with van der Waals surface area (Å²) >= 11 is 0. The Morgan fingerprint density at radius 2 is 1.09 bits per heavy atom. The summed E-state index contributed by atoms with van der Waals surface area (Å²) in [6.45, 7) is 7.74. The Balaban J connectivity index is 1.26. The minimum absolute atomic E-state index is 0.0527. The lowest BCUT2D eigenvalue weighted by Gasteiger charge is -2.43. The number of aliphatic hydroxyl groups is 1. The number of hydrogen-bond donors (Lipinski definition) is 1. The fourth-order valence-electron chi connectivity index (χ4n) is 7.98. The fraction of sp³-hybridized carbons (Fsp3) is 0.368. The second-order valence-corrected chi connectivity index (χ2v) is 20.9. The summed E-state index contributed by atoms with van der Waals surface area (Å²) < 4.78 is 22.5. The lowest BCUT2D eigenvalue weighted by molar-refractivity contribution is 0.143. The van der Waals surface area contributed by atoms with Gasteiger partial charge in [0, 0.05) is 22.9 Å². The molecule has 0 amide bonds. The van der Waals surface area contributed by atoms with Crippen LogP contribution >= 0.6 is 7.14 Å². The third-order valence-electron chi connectivity index (χ3n) is 10.2. The highest BCUT2D eigenvalue weighted by Crippen LogP contribution is 2.59. The van der Waals surface area contributed by atoms with Crippen LogP contribution in [-0.2, 0) is 8.99 Å². The molecule has 5 atom stereocenters. The van der Waals surface area contributed by atoms with Crippen molar-refractivity contribution in [1.82, 2.24) is 0 Å². The van der Waals surface area contributed by atoms with Crippen molar-refractivity contribution in [1.29, 1.82) is 0 Å².